The second-order valence-corrected chi connectivity index (χ2v) is 6.53. The van der Waals surface area contributed by atoms with E-state index in [1.54, 1.807) is 14.2 Å². The molecule has 3 rings (SSSR count). The van der Waals surface area contributed by atoms with Gasteiger partial charge in [0.2, 0.25) is 0 Å². The van der Waals surface area contributed by atoms with Crippen LogP contribution in [0, 0.1) is 5.92 Å². The molecule has 0 saturated carbocycles. The van der Waals surface area contributed by atoms with E-state index in [0.717, 1.165) is 49.4 Å². The number of hydrogen-bond donors (Lipinski definition) is 1. The number of carboxylic acid groups (broad SMARTS) is 1. The van der Waals surface area contributed by atoms with Crippen LogP contribution >= 0.6 is 0 Å². The van der Waals surface area contributed by atoms with E-state index in [-0.39, 0.29) is 6.04 Å². The first-order valence-electron chi connectivity index (χ1n) is 8.49. The van der Waals surface area contributed by atoms with E-state index >= 15 is 0 Å². The molecule has 5 nitrogen and oxygen atoms in total. The van der Waals surface area contributed by atoms with Crippen molar-refractivity contribution in [3.05, 3.63) is 34.9 Å². The smallest absolute Gasteiger partial charge is 0.328 e. The third kappa shape index (κ3) is 3.00. The molecule has 0 unspecified atom stereocenters. The second kappa shape index (κ2) is 6.85. The molecule has 0 aliphatic carbocycles. The Bertz CT molecular complexity index is 668. The minimum Gasteiger partial charge on any atom is -0.493 e. The maximum Gasteiger partial charge on any atom is 0.328 e. The van der Waals surface area contributed by atoms with E-state index < -0.39 is 5.97 Å². The number of fused-ring (bicyclic) bond motifs is 3. The molecule has 2 heterocycles. The summed E-state index contributed by atoms with van der Waals surface area (Å²) < 4.78 is 10.9. The quantitative estimate of drug-likeness (QED) is 0.859. The van der Waals surface area contributed by atoms with Crippen LogP contribution in [0.2, 0.25) is 0 Å². The Hall–Kier alpha value is -2.01. The van der Waals surface area contributed by atoms with Crippen LogP contribution in [0.4, 0.5) is 0 Å². The lowest BCUT2D eigenvalue weighted by Crippen LogP contribution is -2.43. The Morgan fingerprint density at radius 3 is 2.67 bits per heavy atom. The van der Waals surface area contributed by atoms with Crippen molar-refractivity contribution in [1.29, 1.82) is 0 Å². The molecule has 1 fully saturated rings. The number of aliphatic carboxylic acids is 1. The standard InChI is InChI=1S/C19H25NO4/c1-4-12-11-20-6-5-13-8-17(23-2)18(24-3)10-15(13)16(20)7-14(12)9-19(21)22/h8-10,12,16H,4-7,11H2,1-3H3,(H,21,22)/b14-9+/t12-,16+/m1/s1. The highest BCUT2D eigenvalue weighted by Gasteiger charge is 2.36. The molecular weight excluding hydrogens is 306 g/mol. The fraction of sp³-hybridized carbons (Fsp3) is 0.526. The predicted molar refractivity (Wildman–Crippen MR) is 91.7 cm³/mol. The van der Waals surface area contributed by atoms with E-state index in [1.165, 1.54) is 17.2 Å². The van der Waals surface area contributed by atoms with Crippen LogP contribution < -0.4 is 9.47 Å². The highest BCUT2D eigenvalue weighted by atomic mass is 16.5. The van der Waals surface area contributed by atoms with Crippen LogP contribution in [-0.2, 0) is 11.2 Å². The summed E-state index contributed by atoms with van der Waals surface area (Å²) in [6.07, 6.45) is 4.15. The summed E-state index contributed by atoms with van der Waals surface area (Å²) in [6, 6.07) is 4.36. The molecule has 0 bridgehead atoms. The van der Waals surface area contributed by atoms with Crippen molar-refractivity contribution in [2.24, 2.45) is 5.92 Å². The maximum atomic E-state index is 11.2. The van der Waals surface area contributed by atoms with Gasteiger partial charge in [-0.05, 0) is 48.4 Å². The van der Waals surface area contributed by atoms with Crippen molar-refractivity contribution in [3.63, 3.8) is 0 Å². The SMILES string of the molecule is CC[C@@H]1CN2CCc3cc(OC)c(OC)cc3[C@@H]2C/C1=C\C(=O)O. The predicted octanol–water partition coefficient (Wildman–Crippen LogP) is 3.04. The van der Waals surface area contributed by atoms with Crippen molar-refractivity contribution >= 4 is 5.97 Å². The van der Waals surface area contributed by atoms with Crippen molar-refractivity contribution in [2.45, 2.75) is 32.2 Å². The molecule has 2 aliphatic heterocycles. The molecule has 24 heavy (non-hydrogen) atoms. The van der Waals surface area contributed by atoms with Crippen molar-refractivity contribution < 1.29 is 19.4 Å². The number of carboxylic acids is 1. The molecule has 1 saturated heterocycles. The second-order valence-electron chi connectivity index (χ2n) is 6.53. The number of ether oxygens (including phenoxy) is 2. The molecule has 0 aromatic heterocycles. The molecule has 1 aromatic rings. The summed E-state index contributed by atoms with van der Waals surface area (Å²) in [5.74, 6) is 0.979. The number of nitrogens with zero attached hydrogens (tertiary/aromatic N) is 1. The Labute approximate surface area is 142 Å². The topological polar surface area (TPSA) is 59.0 Å². The van der Waals surface area contributed by atoms with Gasteiger partial charge in [-0.2, -0.15) is 0 Å². The summed E-state index contributed by atoms with van der Waals surface area (Å²) in [5.41, 5.74) is 3.57. The maximum absolute atomic E-state index is 11.2. The van der Waals surface area contributed by atoms with Crippen LogP contribution in [0.5, 0.6) is 11.5 Å². The van der Waals surface area contributed by atoms with Crippen molar-refractivity contribution in [2.75, 3.05) is 27.3 Å². The Morgan fingerprint density at radius 1 is 1.33 bits per heavy atom. The van der Waals surface area contributed by atoms with Crippen LogP contribution in [0.25, 0.3) is 0 Å². The van der Waals surface area contributed by atoms with E-state index in [4.69, 9.17) is 9.47 Å². The highest BCUT2D eigenvalue weighted by molar-refractivity contribution is 5.80. The van der Waals surface area contributed by atoms with Gasteiger partial charge in [0.05, 0.1) is 14.2 Å². The van der Waals surface area contributed by atoms with Gasteiger partial charge in [-0.3, -0.25) is 4.90 Å². The van der Waals surface area contributed by atoms with Crippen LogP contribution in [0.1, 0.15) is 36.9 Å². The van der Waals surface area contributed by atoms with E-state index in [2.05, 4.69) is 24.0 Å². The van der Waals surface area contributed by atoms with Gasteiger partial charge >= 0.3 is 5.97 Å². The van der Waals surface area contributed by atoms with E-state index in [0.29, 0.717) is 5.92 Å². The molecule has 130 valence electrons. The summed E-state index contributed by atoms with van der Waals surface area (Å²) in [4.78, 5) is 13.7. The minimum absolute atomic E-state index is 0.224. The Kier molecular flexibility index (Phi) is 4.81. The lowest BCUT2D eigenvalue weighted by atomic mass is 9.79. The van der Waals surface area contributed by atoms with Gasteiger partial charge in [-0.15, -0.1) is 0 Å². The zero-order chi connectivity index (χ0) is 17.3. The van der Waals surface area contributed by atoms with Crippen LogP contribution in [0.15, 0.2) is 23.8 Å². The first kappa shape index (κ1) is 16.8. The number of hydrogen-bond acceptors (Lipinski definition) is 4. The number of methoxy groups -OCH3 is 2. The Balaban J connectivity index is 1.99. The first-order chi connectivity index (χ1) is 11.6. The van der Waals surface area contributed by atoms with Gasteiger partial charge in [0.25, 0.3) is 0 Å². The monoisotopic (exact) mass is 331 g/mol. The average Bonchev–Trinajstić information content (AvgIpc) is 2.59. The molecule has 1 aromatic carbocycles. The largest absolute Gasteiger partial charge is 0.493 e. The van der Waals surface area contributed by atoms with Crippen LogP contribution in [-0.4, -0.2) is 43.3 Å². The fourth-order valence-corrected chi connectivity index (χ4v) is 4.05. The van der Waals surface area contributed by atoms with E-state index in [1.807, 2.05) is 0 Å². The molecular formula is C19H25NO4. The zero-order valence-electron chi connectivity index (χ0n) is 14.5. The molecule has 1 N–H and O–H groups in total. The molecule has 2 aliphatic rings. The van der Waals surface area contributed by atoms with Gasteiger partial charge < -0.3 is 14.6 Å². The average molecular weight is 331 g/mol. The lowest BCUT2D eigenvalue weighted by molar-refractivity contribution is -0.131. The van der Waals surface area contributed by atoms with Gasteiger partial charge in [-0.25, -0.2) is 4.79 Å². The molecule has 0 spiro atoms. The number of rotatable bonds is 4. The van der Waals surface area contributed by atoms with Gasteiger partial charge in [0, 0.05) is 25.2 Å². The van der Waals surface area contributed by atoms with Crippen LogP contribution in [0.3, 0.4) is 0 Å². The third-order valence-corrected chi connectivity index (χ3v) is 5.32. The molecule has 2 atom stereocenters. The Morgan fingerprint density at radius 2 is 2.04 bits per heavy atom. The highest BCUT2D eigenvalue weighted by Crippen LogP contribution is 2.44. The van der Waals surface area contributed by atoms with Crippen molar-refractivity contribution in [1.82, 2.24) is 4.90 Å². The van der Waals surface area contributed by atoms with E-state index in [9.17, 15) is 9.90 Å². The number of carbonyl (C=O) groups is 1. The fourth-order valence-electron chi connectivity index (χ4n) is 4.05. The summed E-state index contributed by atoms with van der Waals surface area (Å²) in [5, 5.41) is 9.19. The van der Waals surface area contributed by atoms with Gasteiger partial charge in [0.1, 0.15) is 0 Å². The summed E-state index contributed by atoms with van der Waals surface area (Å²) >= 11 is 0. The third-order valence-electron chi connectivity index (χ3n) is 5.32. The summed E-state index contributed by atoms with van der Waals surface area (Å²) in [7, 11) is 3.30. The first-order valence-corrected chi connectivity index (χ1v) is 8.49. The molecule has 5 heteroatoms. The molecule has 0 radical (unpaired) electrons. The minimum atomic E-state index is -0.847. The van der Waals surface area contributed by atoms with Crippen molar-refractivity contribution in [3.8, 4) is 11.5 Å². The number of benzene rings is 1. The number of piperidine rings is 1. The lowest BCUT2D eigenvalue weighted by Gasteiger charge is -2.44. The normalized spacial score (nSPS) is 25.0. The van der Waals surface area contributed by atoms with Gasteiger partial charge in [-0.1, -0.05) is 12.5 Å². The summed E-state index contributed by atoms with van der Waals surface area (Å²) in [6.45, 7) is 4.06. The van der Waals surface area contributed by atoms with Gasteiger partial charge in [0.15, 0.2) is 11.5 Å². The molecule has 0 amide bonds. The zero-order valence-corrected chi connectivity index (χ0v) is 14.5.